The van der Waals surface area contributed by atoms with Crippen molar-refractivity contribution in [1.82, 2.24) is 0 Å². The number of nitro benzene ring substituents is 1. The number of nitrogens with two attached hydrogens (primary N) is 1. The summed E-state index contributed by atoms with van der Waals surface area (Å²) in [4.78, 5) is 9.96. The van der Waals surface area contributed by atoms with Crippen molar-refractivity contribution in [3.63, 3.8) is 0 Å². The molecule has 1 atom stereocenters. The van der Waals surface area contributed by atoms with E-state index < -0.39 is 10.7 Å². The highest BCUT2D eigenvalue weighted by Gasteiger charge is 2.16. The van der Waals surface area contributed by atoms with Crippen molar-refractivity contribution in [2.45, 2.75) is 13.8 Å². The van der Waals surface area contributed by atoms with Crippen LogP contribution in [0.3, 0.4) is 0 Å². The molecule has 0 aliphatic rings. The Balaban J connectivity index is 2.88. The quantitative estimate of drug-likeness (QED) is 0.632. The third-order valence-electron chi connectivity index (χ3n) is 2.37. The van der Waals surface area contributed by atoms with Crippen LogP contribution >= 0.6 is 0 Å². The zero-order valence-electron chi connectivity index (χ0n) is 9.77. The molecule has 1 aromatic rings. The Labute approximate surface area is 98.5 Å². The summed E-state index contributed by atoms with van der Waals surface area (Å²) in [6, 6.07) is 2.20. The fourth-order valence-corrected chi connectivity index (χ4v) is 1.25. The van der Waals surface area contributed by atoms with Crippen LogP contribution in [0.25, 0.3) is 0 Å². The van der Waals surface area contributed by atoms with Gasteiger partial charge in [0.15, 0.2) is 11.6 Å². The van der Waals surface area contributed by atoms with E-state index >= 15 is 0 Å². The van der Waals surface area contributed by atoms with Gasteiger partial charge in [0, 0.05) is 11.5 Å². The molecule has 5 nitrogen and oxygen atoms in total. The predicted molar refractivity (Wildman–Crippen MR) is 61.5 cm³/mol. The van der Waals surface area contributed by atoms with Crippen LogP contribution in [-0.4, -0.2) is 18.1 Å². The average molecular weight is 242 g/mol. The van der Waals surface area contributed by atoms with Gasteiger partial charge in [0.25, 0.3) is 5.69 Å². The zero-order valence-corrected chi connectivity index (χ0v) is 9.77. The van der Waals surface area contributed by atoms with Crippen molar-refractivity contribution >= 4 is 5.69 Å². The van der Waals surface area contributed by atoms with Gasteiger partial charge in [-0.2, -0.15) is 0 Å². The van der Waals surface area contributed by atoms with Crippen LogP contribution in [0.1, 0.15) is 12.5 Å². The fourth-order valence-electron chi connectivity index (χ4n) is 1.25. The summed E-state index contributed by atoms with van der Waals surface area (Å²) in [7, 11) is 0. The normalized spacial score (nSPS) is 12.2. The van der Waals surface area contributed by atoms with Crippen molar-refractivity contribution in [3.05, 3.63) is 33.6 Å². The number of halogens is 1. The zero-order chi connectivity index (χ0) is 13.0. The second kappa shape index (κ2) is 5.58. The van der Waals surface area contributed by atoms with Gasteiger partial charge < -0.3 is 10.5 Å². The van der Waals surface area contributed by atoms with Crippen LogP contribution in [0.15, 0.2) is 12.1 Å². The number of benzene rings is 1. The van der Waals surface area contributed by atoms with Crippen molar-refractivity contribution in [2.24, 2.45) is 11.7 Å². The summed E-state index contributed by atoms with van der Waals surface area (Å²) in [5, 5.41) is 10.6. The number of hydrogen-bond acceptors (Lipinski definition) is 4. The lowest BCUT2D eigenvalue weighted by Gasteiger charge is -2.12. The maximum Gasteiger partial charge on any atom is 0.275 e. The summed E-state index contributed by atoms with van der Waals surface area (Å²) >= 11 is 0. The lowest BCUT2D eigenvalue weighted by Crippen LogP contribution is -2.18. The third kappa shape index (κ3) is 3.39. The molecule has 0 spiro atoms. The number of ether oxygens (including phenoxy) is 1. The minimum atomic E-state index is -0.730. The van der Waals surface area contributed by atoms with E-state index in [0.29, 0.717) is 12.1 Å². The number of rotatable bonds is 5. The molecule has 94 valence electrons. The highest BCUT2D eigenvalue weighted by molar-refractivity contribution is 5.45. The van der Waals surface area contributed by atoms with E-state index in [-0.39, 0.29) is 24.0 Å². The summed E-state index contributed by atoms with van der Waals surface area (Å²) in [5.41, 5.74) is 5.52. The minimum Gasteiger partial charge on any atom is -0.490 e. The monoisotopic (exact) mass is 242 g/mol. The lowest BCUT2D eigenvalue weighted by atomic mass is 10.2. The van der Waals surface area contributed by atoms with Crippen molar-refractivity contribution in [3.8, 4) is 5.75 Å². The molecule has 0 amide bonds. The lowest BCUT2D eigenvalue weighted by molar-refractivity contribution is -0.385. The predicted octanol–water partition coefficient (Wildman–Crippen LogP) is 2.02. The van der Waals surface area contributed by atoms with Crippen LogP contribution in [0.5, 0.6) is 5.75 Å². The Morgan fingerprint density at radius 3 is 2.76 bits per heavy atom. The van der Waals surface area contributed by atoms with E-state index in [4.69, 9.17) is 10.5 Å². The highest BCUT2D eigenvalue weighted by atomic mass is 19.1. The molecule has 1 rings (SSSR count). The second-order valence-corrected chi connectivity index (χ2v) is 3.98. The standard InChI is InChI=1S/C11H15FN2O3/c1-7(5-13)6-17-11-3-8(2)10(14(15)16)4-9(11)12/h3-4,7H,5-6,13H2,1-2H3. The highest BCUT2D eigenvalue weighted by Crippen LogP contribution is 2.27. The molecule has 0 radical (unpaired) electrons. The van der Waals surface area contributed by atoms with Crippen molar-refractivity contribution in [2.75, 3.05) is 13.2 Å². The summed E-state index contributed by atoms with van der Waals surface area (Å²) in [6.45, 7) is 4.13. The molecule has 0 bridgehead atoms. The second-order valence-electron chi connectivity index (χ2n) is 3.98. The molecule has 6 heteroatoms. The molecule has 0 saturated heterocycles. The average Bonchev–Trinajstić information content (AvgIpc) is 2.28. The Kier molecular flexibility index (Phi) is 4.39. The van der Waals surface area contributed by atoms with Gasteiger partial charge >= 0.3 is 0 Å². The van der Waals surface area contributed by atoms with E-state index in [2.05, 4.69) is 0 Å². The van der Waals surface area contributed by atoms with Gasteiger partial charge in [0.05, 0.1) is 17.6 Å². The van der Waals surface area contributed by atoms with Crippen molar-refractivity contribution < 1.29 is 14.1 Å². The number of nitro groups is 1. The van der Waals surface area contributed by atoms with Crippen LogP contribution in [0.2, 0.25) is 0 Å². The summed E-state index contributed by atoms with van der Waals surface area (Å²) < 4.78 is 18.7. The first kappa shape index (κ1) is 13.4. The Morgan fingerprint density at radius 2 is 2.24 bits per heavy atom. The van der Waals surface area contributed by atoms with Gasteiger partial charge in [-0.1, -0.05) is 6.92 Å². The topological polar surface area (TPSA) is 78.4 Å². The largest absolute Gasteiger partial charge is 0.490 e. The van der Waals surface area contributed by atoms with E-state index in [1.807, 2.05) is 6.92 Å². The first-order valence-electron chi connectivity index (χ1n) is 5.23. The van der Waals surface area contributed by atoms with Gasteiger partial charge in [0.1, 0.15) is 0 Å². The SMILES string of the molecule is Cc1cc(OCC(C)CN)c(F)cc1[N+](=O)[O-]. The summed E-state index contributed by atoms with van der Waals surface area (Å²) in [5.74, 6) is -0.607. The van der Waals surface area contributed by atoms with Crippen molar-refractivity contribution in [1.29, 1.82) is 0 Å². The molecule has 0 aliphatic heterocycles. The van der Waals surface area contributed by atoms with E-state index in [1.165, 1.54) is 13.0 Å². The van der Waals surface area contributed by atoms with Crippen LogP contribution < -0.4 is 10.5 Å². The molecule has 1 unspecified atom stereocenters. The molecule has 0 saturated carbocycles. The van der Waals surface area contributed by atoms with Gasteiger partial charge in [-0.25, -0.2) is 4.39 Å². The fraction of sp³-hybridized carbons (Fsp3) is 0.455. The van der Waals surface area contributed by atoms with Gasteiger partial charge in [-0.05, 0) is 19.5 Å². The Bertz CT molecular complexity index is 423. The molecule has 0 aliphatic carbocycles. The van der Waals surface area contributed by atoms with E-state index in [9.17, 15) is 14.5 Å². The van der Waals surface area contributed by atoms with Gasteiger partial charge in [0.2, 0.25) is 0 Å². The molecule has 2 N–H and O–H groups in total. The first-order chi connectivity index (χ1) is 7.95. The molecular weight excluding hydrogens is 227 g/mol. The van der Waals surface area contributed by atoms with Crippen LogP contribution in [0, 0.1) is 28.8 Å². The molecule has 0 heterocycles. The third-order valence-corrected chi connectivity index (χ3v) is 2.37. The maximum atomic E-state index is 13.5. The minimum absolute atomic E-state index is 0.0217. The smallest absolute Gasteiger partial charge is 0.275 e. The van der Waals surface area contributed by atoms with Gasteiger partial charge in [-0.15, -0.1) is 0 Å². The first-order valence-corrected chi connectivity index (χ1v) is 5.23. The Hall–Kier alpha value is -1.69. The van der Waals surface area contributed by atoms with Gasteiger partial charge in [-0.3, -0.25) is 10.1 Å². The number of aryl methyl sites for hydroxylation is 1. The van der Waals surface area contributed by atoms with E-state index in [0.717, 1.165) is 6.07 Å². The molecule has 0 fully saturated rings. The molecular formula is C11H15FN2O3. The van der Waals surface area contributed by atoms with Crippen LogP contribution in [0.4, 0.5) is 10.1 Å². The number of hydrogen-bond donors (Lipinski definition) is 1. The molecule has 17 heavy (non-hydrogen) atoms. The summed E-state index contributed by atoms with van der Waals surface area (Å²) in [6.07, 6.45) is 0. The molecule has 1 aromatic carbocycles. The molecule has 0 aromatic heterocycles. The number of nitrogens with zero attached hydrogens (tertiary/aromatic N) is 1. The Morgan fingerprint density at radius 1 is 1.59 bits per heavy atom. The van der Waals surface area contributed by atoms with Crippen LogP contribution in [-0.2, 0) is 0 Å². The van der Waals surface area contributed by atoms with E-state index in [1.54, 1.807) is 0 Å². The maximum absolute atomic E-state index is 13.5.